The summed E-state index contributed by atoms with van der Waals surface area (Å²) < 4.78 is 6.04. The second kappa shape index (κ2) is 7.18. The highest BCUT2D eigenvalue weighted by Crippen LogP contribution is 2.29. The molecule has 1 aromatic carbocycles. The highest BCUT2D eigenvalue weighted by Gasteiger charge is 2.17. The van der Waals surface area contributed by atoms with Crippen LogP contribution in [0.2, 0.25) is 0 Å². The molecular formula is C18H24O. The summed E-state index contributed by atoms with van der Waals surface area (Å²) in [5, 5.41) is 0. The van der Waals surface area contributed by atoms with Crippen LogP contribution in [-0.4, -0.2) is 0 Å². The molecule has 0 N–H and O–H groups in total. The van der Waals surface area contributed by atoms with Gasteiger partial charge >= 0.3 is 0 Å². The lowest BCUT2D eigenvalue weighted by molar-refractivity contribution is 0.169. The zero-order valence-corrected chi connectivity index (χ0v) is 12.1. The third kappa shape index (κ3) is 3.99. The molecular weight excluding hydrogens is 232 g/mol. The molecule has 0 aliphatic heterocycles. The number of allylic oxidation sites excluding steroid dienone is 3. The molecule has 0 saturated carbocycles. The SMILES string of the molecule is CCCC1C=C(CC)CC=C1OCc1ccccc1. The fourth-order valence-corrected chi connectivity index (χ4v) is 2.52. The Morgan fingerprint density at radius 1 is 1.16 bits per heavy atom. The molecule has 0 heterocycles. The smallest absolute Gasteiger partial charge is 0.113 e. The summed E-state index contributed by atoms with van der Waals surface area (Å²) in [4.78, 5) is 0. The van der Waals surface area contributed by atoms with E-state index in [-0.39, 0.29) is 0 Å². The molecule has 0 bridgehead atoms. The van der Waals surface area contributed by atoms with Crippen LogP contribution < -0.4 is 0 Å². The number of hydrogen-bond donors (Lipinski definition) is 0. The van der Waals surface area contributed by atoms with Crippen LogP contribution in [0.25, 0.3) is 0 Å². The number of benzene rings is 1. The van der Waals surface area contributed by atoms with Crippen LogP contribution in [0.3, 0.4) is 0 Å². The predicted octanol–water partition coefficient (Wildman–Crippen LogP) is 5.24. The number of hydrogen-bond acceptors (Lipinski definition) is 1. The molecule has 0 spiro atoms. The maximum Gasteiger partial charge on any atom is 0.113 e. The Balaban J connectivity index is 1.97. The molecule has 1 aliphatic carbocycles. The third-order valence-corrected chi connectivity index (χ3v) is 3.67. The van der Waals surface area contributed by atoms with Crippen molar-refractivity contribution in [1.29, 1.82) is 0 Å². The minimum absolute atomic E-state index is 0.484. The quantitative estimate of drug-likeness (QED) is 0.632. The van der Waals surface area contributed by atoms with Crippen LogP contribution in [0.4, 0.5) is 0 Å². The normalized spacial score (nSPS) is 18.7. The molecule has 1 unspecified atom stereocenters. The first kappa shape index (κ1) is 13.9. The van der Waals surface area contributed by atoms with Gasteiger partial charge in [0.1, 0.15) is 6.61 Å². The van der Waals surface area contributed by atoms with Crippen LogP contribution in [0.5, 0.6) is 0 Å². The molecule has 1 aliphatic rings. The molecule has 0 aromatic heterocycles. The van der Waals surface area contributed by atoms with Gasteiger partial charge in [-0.05, 0) is 30.9 Å². The Morgan fingerprint density at radius 2 is 1.95 bits per heavy atom. The van der Waals surface area contributed by atoms with Gasteiger partial charge in [-0.25, -0.2) is 0 Å². The lowest BCUT2D eigenvalue weighted by Gasteiger charge is -2.23. The van der Waals surface area contributed by atoms with Crippen LogP contribution in [0, 0.1) is 5.92 Å². The fourth-order valence-electron chi connectivity index (χ4n) is 2.52. The topological polar surface area (TPSA) is 9.23 Å². The maximum absolute atomic E-state index is 6.04. The van der Waals surface area contributed by atoms with Crippen LogP contribution >= 0.6 is 0 Å². The van der Waals surface area contributed by atoms with Crippen LogP contribution in [-0.2, 0) is 11.3 Å². The van der Waals surface area contributed by atoms with E-state index in [1.807, 2.05) is 6.07 Å². The number of ether oxygens (including phenoxy) is 1. The molecule has 1 nitrogen and oxygen atoms in total. The van der Waals surface area contributed by atoms with Crippen molar-refractivity contribution in [1.82, 2.24) is 0 Å². The fraction of sp³-hybridized carbons (Fsp3) is 0.444. The van der Waals surface area contributed by atoms with Crippen molar-refractivity contribution in [2.24, 2.45) is 5.92 Å². The molecule has 1 atom stereocenters. The van der Waals surface area contributed by atoms with Gasteiger partial charge < -0.3 is 4.74 Å². The zero-order chi connectivity index (χ0) is 13.5. The first-order valence-electron chi connectivity index (χ1n) is 7.39. The summed E-state index contributed by atoms with van der Waals surface area (Å²) >= 11 is 0. The van der Waals surface area contributed by atoms with Crippen molar-refractivity contribution in [2.75, 3.05) is 0 Å². The zero-order valence-electron chi connectivity index (χ0n) is 12.1. The molecule has 19 heavy (non-hydrogen) atoms. The van der Waals surface area contributed by atoms with Gasteiger partial charge in [0.15, 0.2) is 0 Å². The van der Waals surface area contributed by atoms with Gasteiger partial charge in [0.05, 0.1) is 5.76 Å². The summed E-state index contributed by atoms with van der Waals surface area (Å²) in [6.45, 7) is 5.16. The van der Waals surface area contributed by atoms with Gasteiger partial charge in [-0.15, -0.1) is 0 Å². The van der Waals surface area contributed by atoms with Crippen molar-refractivity contribution in [3.63, 3.8) is 0 Å². The highest BCUT2D eigenvalue weighted by molar-refractivity contribution is 5.22. The molecule has 0 radical (unpaired) electrons. The van der Waals surface area contributed by atoms with Crippen molar-refractivity contribution < 1.29 is 4.74 Å². The van der Waals surface area contributed by atoms with Crippen LogP contribution in [0.1, 0.15) is 45.1 Å². The molecule has 102 valence electrons. The Hall–Kier alpha value is -1.50. The Labute approximate surface area is 117 Å². The predicted molar refractivity (Wildman–Crippen MR) is 80.7 cm³/mol. The molecule has 0 fully saturated rings. The number of rotatable bonds is 6. The van der Waals surface area contributed by atoms with Crippen molar-refractivity contribution in [2.45, 2.75) is 46.1 Å². The van der Waals surface area contributed by atoms with Crippen molar-refractivity contribution in [3.05, 3.63) is 59.4 Å². The largest absolute Gasteiger partial charge is 0.493 e. The van der Waals surface area contributed by atoms with Crippen LogP contribution in [0.15, 0.2) is 53.8 Å². The maximum atomic E-state index is 6.04. The second-order valence-electron chi connectivity index (χ2n) is 5.16. The van der Waals surface area contributed by atoms with E-state index in [2.05, 4.69) is 50.3 Å². The standard InChI is InChI=1S/C18H24O/c1-3-8-17-13-15(4-2)11-12-18(17)19-14-16-9-6-5-7-10-16/h5-7,9-10,12-13,17H,3-4,8,11,14H2,1-2H3. The van der Waals surface area contributed by atoms with E-state index in [0.29, 0.717) is 12.5 Å². The van der Waals surface area contributed by atoms with E-state index in [1.165, 1.54) is 24.2 Å². The summed E-state index contributed by atoms with van der Waals surface area (Å²) in [6, 6.07) is 10.4. The van der Waals surface area contributed by atoms with E-state index in [0.717, 1.165) is 12.8 Å². The lowest BCUT2D eigenvalue weighted by Crippen LogP contribution is -2.10. The Kier molecular flexibility index (Phi) is 5.26. The van der Waals surface area contributed by atoms with Gasteiger partial charge in [-0.3, -0.25) is 0 Å². The van der Waals surface area contributed by atoms with Gasteiger partial charge in [0.2, 0.25) is 0 Å². The highest BCUT2D eigenvalue weighted by atomic mass is 16.5. The Bertz CT molecular complexity index is 442. The van der Waals surface area contributed by atoms with Gasteiger partial charge in [0.25, 0.3) is 0 Å². The van der Waals surface area contributed by atoms with E-state index < -0.39 is 0 Å². The van der Waals surface area contributed by atoms with Crippen molar-refractivity contribution >= 4 is 0 Å². The summed E-state index contributed by atoms with van der Waals surface area (Å²) in [5.74, 6) is 1.65. The van der Waals surface area contributed by atoms with Gasteiger partial charge in [-0.1, -0.05) is 62.2 Å². The van der Waals surface area contributed by atoms with E-state index in [1.54, 1.807) is 5.57 Å². The molecule has 0 amide bonds. The Morgan fingerprint density at radius 3 is 2.63 bits per heavy atom. The first-order chi connectivity index (χ1) is 9.33. The monoisotopic (exact) mass is 256 g/mol. The average Bonchev–Trinajstić information content (AvgIpc) is 2.47. The van der Waals surface area contributed by atoms with E-state index in [9.17, 15) is 0 Å². The first-order valence-corrected chi connectivity index (χ1v) is 7.39. The molecule has 2 rings (SSSR count). The molecule has 1 aromatic rings. The third-order valence-electron chi connectivity index (χ3n) is 3.67. The van der Waals surface area contributed by atoms with Gasteiger partial charge in [0, 0.05) is 5.92 Å². The minimum Gasteiger partial charge on any atom is -0.493 e. The minimum atomic E-state index is 0.484. The summed E-state index contributed by atoms with van der Waals surface area (Å²) in [5.41, 5.74) is 2.79. The average molecular weight is 256 g/mol. The lowest BCUT2D eigenvalue weighted by atomic mass is 9.90. The summed E-state index contributed by atoms with van der Waals surface area (Å²) in [6.07, 6.45) is 9.30. The second-order valence-corrected chi connectivity index (χ2v) is 5.16. The van der Waals surface area contributed by atoms with Gasteiger partial charge in [-0.2, -0.15) is 0 Å². The molecule has 0 saturated heterocycles. The van der Waals surface area contributed by atoms with E-state index in [4.69, 9.17) is 4.74 Å². The van der Waals surface area contributed by atoms with E-state index >= 15 is 0 Å². The molecule has 1 heteroatoms. The summed E-state index contributed by atoms with van der Waals surface area (Å²) in [7, 11) is 0. The van der Waals surface area contributed by atoms with Crippen molar-refractivity contribution in [3.8, 4) is 0 Å².